The van der Waals surface area contributed by atoms with E-state index in [0.717, 1.165) is 6.07 Å². The number of para-hydroxylation sites is 1. The lowest BCUT2D eigenvalue weighted by Crippen LogP contribution is -2.33. The Hall–Kier alpha value is -1.51. The van der Waals surface area contributed by atoms with Gasteiger partial charge in [0, 0.05) is 18.7 Å². The first kappa shape index (κ1) is 15.5. The number of hydrogen-bond donors (Lipinski definition) is 2. The van der Waals surface area contributed by atoms with Gasteiger partial charge in [-0.2, -0.15) is 0 Å². The molecule has 0 aromatic heterocycles. The van der Waals surface area contributed by atoms with Crippen LogP contribution in [0.4, 0.5) is 5.69 Å². The molecule has 0 saturated carbocycles. The van der Waals surface area contributed by atoms with Crippen LogP contribution in [0, 0.1) is 10.1 Å². The fraction of sp³-hybridized carbons (Fsp3) is 0.455. The van der Waals surface area contributed by atoms with Gasteiger partial charge in [0.2, 0.25) is 10.0 Å². The molecule has 0 amide bonds. The van der Waals surface area contributed by atoms with Crippen molar-refractivity contribution in [3.05, 3.63) is 34.4 Å². The van der Waals surface area contributed by atoms with E-state index < -0.39 is 26.7 Å². The van der Waals surface area contributed by atoms with Crippen molar-refractivity contribution in [3.63, 3.8) is 0 Å². The number of nitro benzene ring substituents is 1. The minimum absolute atomic E-state index is 0.0302. The number of aliphatic hydroxyl groups is 1. The summed E-state index contributed by atoms with van der Waals surface area (Å²) in [7, 11) is -3.94. The molecular weight excluding hydrogens is 272 g/mol. The zero-order valence-corrected chi connectivity index (χ0v) is 11.3. The highest BCUT2D eigenvalue weighted by Gasteiger charge is 2.26. The van der Waals surface area contributed by atoms with Crippen LogP contribution >= 0.6 is 0 Å². The zero-order valence-electron chi connectivity index (χ0n) is 10.4. The molecular formula is C11H16N2O5S. The fourth-order valence-corrected chi connectivity index (χ4v) is 3.07. The van der Waals surface area contributed by atoms with Crippen molar-refractivity contribution in [1.82, 2.24) is 4.72 Å². The van der Waals surface area contributed by atoms with Crippen molar-refractivity contribution >= 4 is 15.7 Å². The van der Waals surface area contributed by atoms with Gasteiger partial charge in [0.1, 0.15) is 0 Å². The van der Waals surface area contributed by atoms with Crippen LogP contribution in [0.1, 0.15) is 19.8 Å². The summed E-state index contributed by atoms with van der Waals surface area (Å²) >= 11 is 0. The van der Waals surface area contributed by atoms with Gasteiger partial charge < -0.3 is 5.11 Å². The summed E-state index contributed by atoms with van der Waals surface area (Å²) in [6.07, 6.45) is 0.914. The predicted molar refractivity (Wildman–Crippen MR) is 69.2 cm³/mol. The van der Waals surface area contributed by atoms with Gasteiger partial charge in [-0.25, -0.2) is 13.1 Å². The van der Waals surface area contributed by atoms with E-state index in [4.69, 9.17) is 5.11 Å². The average molecular weight is 288 g/mol. The molecule has 0 bridgehead atoms. The van der Waals surface area contributed by atoms with Crippen molar-refractivity contribution in [2.45, 2.75) is 30.7 Å². The molecule has 1 atom stereocenters. The van der Waals surface area contributed by atoms with E-state index in [1.54, 1.807) is 6.92 Å². The lowest BCUT2D eigenvalue weighted by atomic mass is 10.2. The first-order valence-electron chi connectivity index (χ1n) is 5.75. The number of nitrogens with one attached hydrogen (secondary N) is 1. The highest BCUT2D eigenvalue weighted by atomic mass is 32.2. The summed E-state index contributed by atoms with van der Waals surface area (Å²) in [6, 6.07) is 4.77. The van der Waals surface area contributed by atoms with Crippen molar-refractivity contribution in [3.8, 4) is 0 Å². The Morgan fingerprint density at radius 2 is 2.05 bits per heavy atom. The van der Waals surface area contributed by atoms with Crippen LogP contribution in [0.2, 0.25) is 0 Å². The molecule has 0 aliphatic rings. The molecule has 19 heavy (non-hydrogen) atoms. The van der Waals surface area contributed by atoms with Crippen molar-refractivity contribution in [2.75, 3.05) is 6.61 Å². The van der Waals surface area contributed by atoms with Gasteiger partial charge in [-0.05, 0) is 25.8 Å². The molecule has 106 valence electrons. The van der Waals surface area contributed by atoms with Gasteiger partial charge in [-0.15, -0.1) is 0 Å². The van der Waals surface area contributed by atoms with Crippen LogP contribution in [0.25, 0.3) is 0 Å². The molecule has 8 heteroatoms. The maximum absolute atomic E-state index is 12.1. The Labute approximate surface area is 111 Å². The lowest BCUT2D eigenvalue weighted by Gasteiger charge is -2.13. The smallest absolute Gasteiger partial charge is 0.289 e. The van der Waals surface area contributed by atoms with E-state index in [9.17, 15) is 18.5 Å². The first-order valence-corrected chi connectivity index (χ1v) is 7.23. The SMILES string of the molecule is CC(CCCO)NS(=O)(=O)c1ccccc1[N+](=O)[O-]. The van der Waals surface area contributed by atoms with Crippen LogP contribution in [0.15, 0.2) is 29.2 Å². The van der Waals surface area contributed by atoms with E-state index in [0.29, 0.717) is 12.8 Å². The second-order valence-corrected chi connectivity index (χ2v) is 5.80. The van der Waals surface area contributed by atoms with Crippen LogP contribution in [-0.4, -0.2) is 31.1 Å². The monoisotopic (exact) mass is 288 g/mol. The molecule has 2 N–H and O–H groups in total. The molecule has 0 fully saturated rings. The van der Waals surface area contributed by atoms with Gasteiger partial charge >= 0.3 is 0 Å². The number of sulfonamides is 1. The summed E-state index contributed by atoms with van der Waals surface area (Å²) in [4.78, 5) is 9.73. The Balaban J connectivity index is 2.98. The molecule has 0 saturated heterocycles. The minimum atomic E-state index is -3.94. The van der Waals surface area contributed by atoms with E-state index in [-0.39, 0.29) is 11.5 Å². The van der Waals surface area contributed by atoms with Crippen LogP contribution < -0.4 is 4.72 Å². The van der Waals surface area contributed by atoms with Gasteiger partial charge in [0.15, 0.2) is 4.90 Å². The Morgan fingerprint density at radius 1 is 1.42 bits per heavy atom. The maximum atomic E-state index is 12.1. The molecule has 0 spiro atoms. The zero-order chi connectivity index (χ0) is 14.5. The molecule has 1 aromatic rings. The third-order valence-corrected chi connectivity index (χ3v) is 4.14. The minimum Gasteiger partial charge on any atom is -0.396 e. The van der Waals surface area contributed by atoms with Gasteiger partial charge in [-0.3, -0.25) is 10.1 Å². The van der Waals surface area contributed by atoms with Crippen molar-refractivity contribution < 1.29 is 18.4 Å². The molecule has 1 rings (SSSR count). The van der Waals surface area contributed by atoms with Crippen molar-refractivity contribution in [1.29, 1.82) is 0 Å². The molecule has 1 unspecified atom stereocenters. The molecule has 0 aliphatic carbocycles. The Bertz CT molecular complexity index is 544. The molecule has 0 radical (unpaired) electrons. The number of hydrogen-bond acceptors (Lipinski definition) is 5. The van der Waals surface area contributed by atoms with Crippen molar-refractivity contribution in [2.24, 2.45) is 0 Å². The number of aliphatic hydroxyl groups excluding tert-OH is 1. The van der Waals surface area contributed by atoms with E-state index >= 15 is 0 Å². The third kappa shape index (κ3) is 4.27. The molecule has 1 aromatic carbocycles. The summed E-state index contributed by atoms with van der Waals surface area (Å²) < 4.78 is 26.5. The van der Waals surface area contributed by atoms with E-state index in [2.05, 4.69) is 4.72 Å². The van der Waals surface area contributed by atoms with E-state index in [1.165, 1.54) is 18.2 Å². The van der Waals surface area contributed by atoms with Crippen LogP contribution in [0.3, 0.4) is 0 Å². The average Bonchev–Trinajstić information content (AvgIpc) is 2.35. The van der Waals surface area contributed by atoms with E-state index in [1.807, 2.05) is 0 Å². The fourth-order valence-electron chi connectivity index (χ4n) is 1.62. The number of nitrogens with zero attached hydrogens (tertiary/aromatic N) is 1. The van der Waals surface area contributed by atoms with Gasteiger partial charge in [0.05, 0.1) is 4.92 Å². The molecule has 0 aliphatic heterocycles. The number of rotatable bonds is 7. The summed E-state index contributed by atoms with van der Waals surface area (Å²) in [5, 5.41) is 19.5. The summed E-state index contributed by atoms with van der Waals surface area (Å²) in [6.45, 7) is 1.61. The Morgan fingerprint density at radius 3 is 2.63 bits per heavy atom. The Kier molecular flexibility index (Phi) is 5.40. The van der Waals surface area contributed by atoms with Crippen LogP contribution in [0.5, 0.6) is 0 Å². The summed E-state index contributed by atoms with van der Waals surface area (Å²) in [5.41, 5.74) is -0.454. The predicted octanol–water partition coefficient (Wildman–Crippen LogP) is 1.03. The number of nitro groups is 1. The standard InChI is InChI=1S/C11H16N2O5S/c1-9(5-4-8-14)12-19(17,18)11-7-3-2-6-10(11)13(15)16/h2-3,6-7,9,12,14H,4-5,8H2,1H3. The van der Waals surface area contributed by atoms with Crippen LogP contribution in [-0.2, 0) is 10.0 Å². The lowest BCUT2D eigenvalue weighted by molar-refractivity contribution is -0.387. The highest BCUT2D eigenvalue weighted by Crippen LogP contribution is 2.23. The van der Waals surface area contributed by atoms with Gasteiger partial charge in [-0.1, -0.05) is 12.1 Å². The molecule has 7 nitrogen and oxygen atoms in total. The quantitative estimate of drug-likeness (QED) is 0.575. The van der Waals surface area contributed by atoms with Gasteiger partial charge in [0.25, 0.3) is 5.69 Å². The maximum Gasteiger partial charge on any atom is 0.289 e. The summed E-state index contributed by atoms with van der Waals surface area (Å²) in [5.74, 6) is 0. The second kappa shape index (κ2) is 6.60. The normalized spacial score (nSPS) is 13.2. The molecule has 0 heterocycles. The topological polar surface area (TPSA) is 110 Å². The second-order valence-electron chi connectivity index (χ2n) is 4.11. The largest absolute Gasteiger partial charge is 0.396 e. The third-order valence-electron chi connectivity index (χ3n) is 2.50. The highest BCUT2D eigenvalue weighted by molar-refractivity contribution is 7.89. The first-order chi connectivity index (χ1) is 8.88. The number of benzene rings is 1.